The second-order valence-electron chi connectivity index (χ2n) is 4.46. The largest absolute Gasteiger partial charge is 0.490 e. The van der Waals surface area contributed by atoms with Crippen molar-refractivity contribution in [2.24, 2.45) is 10.8 Å². The number of primary amides is 1. The highest BCUT2D eigenvalue weighted by Gasteiger charge is 1.97. The van der Waals surface area contributed by atoms with Crippen molar-refractivity contribution in [3.8, 4) is 11.5 Å². The molecule has 0 heterocycles. The number of carbonyl (C=O) groups excluding carboxylic acids is 1. The molecule has 120 valence electrons. The Morgan fingerprint density at radius 2 is 1.83 bits per heavy atom. The lowest BCUT2D eigenvalue weighted by Crippen LogP contribution is -2.24. The van der Waals surface area contributed by atoms with Crippen LogP contribution in [0.2, 0.25) is 0 Å². The van der Waals surface area contributed by atoms with Crippen LogP contribution in [0, 0.1) is 0 Å². The summed E-state index contributed by atoms with van der Waals surface area (Å²) in [6.45, 7) is 0.847. The first kappa shape index (κ1) is 16.8. The van der Waals surface area contributed by atoms with E-state index in [1.807, 2.05) is 42.5 Å². The Hall–Kier alpha value is -2.54. The average molecular weight is 378 g/mol. The van der Waals surface area contributed by atoms with Crippen molar-refractivity contribution in [3.63, 3.8) is 0 Å². The van der Waals surface area contributed by atoms with Crippen LogP contribution in [0.25, 0.3) is 0 Å². The summed E-state index contributed by atoms with van der Waals surface area (Å²) in [5, 5.41) is 3.69. The van der Waals surface area contributed by atoms with E-state index in [1.165, 1.54) is 6.21 Å². The molecule has 0 aromatic heterocycles. The van der Waals surface area contributed by atoms with Crippen LogP contribution in [-0.4, -0.2) is 25.5 Å². The monoisotopic (exact) mass is 377 g/mol. The summed E-state index contributed by atoms with van der Waals surface area (Å²) in [6, 6.07) is 14.2. The second kappa shape index (κ2) is 8.79. The number of nitrogens with two attached hydrogens (primary N) is 1. The quantitative estimate of drug-likeness (QED) is 0.441. The van der Waals surface area contributed by atoms with Crippen molar-refractivity contribution in [1.29, 1.82) is 0 Å². The van der Waals surface area contributed by atoms with E-state index in [0.717, 1.165) is 15.8 Å². The number of benzene rings is 2. The van der Waals surface area contributed by atoms with Crippen LogP contribution in [0.4, 0.5) is 4.79 Å². The van der Waals surface area contributed by atoms with Crippen LogP contribution in [0.5, 0.6) is 11.5 Å². The van der Waals surface area contributed by atoms with Gasteiger partial charge in [-0.2, -0.15) is 5.10 Å². The molecule has 0 aliphatic heterocycles. The van der Waals surface area contributed by atoms with Crippen molar-refractivity contribution in [2.45, 2.75) is 0 Å². The van der Waals surface area contributed by atoms with Gasteiger partial charge >= 0.3 is 6.03 Å². The number of nitrogens with zero attached hydrogens (tertiary/aromatic N) is 1. The van der Waals surface area contributed by atoms with Gasteiger partial charge in [0.05, 0.1) is 6.21 Å². The Kier molecular flexibility index (Phi) is 6.43. The predicted octanol–water partition coefficient (Wildman–Crippen LogP) is 2.91. The van der Waals surface area contributed by atoms with Crippen molar-refractivity contribution < 1.29 is 14.3 Å². The minimum absolute atomic E-state index is 0.413. The summed E-state index contributed by atoms with van der Waals surface area (Å²) >= 11 is 3.37. The third-order valence-corrected chi connectivity index (χ3v) is 3.21. The molecule has 0 saturated carbocycles. The fourth-order valence-electron chi connectivity index (χ4n) is 1.70. The first-order chi connectivity index (χ1) is 11.1. The molecule has 0 spiro atoms. The van der Waals surface area contributed by atoms with E-state index < -0.39 is 6.03 Å². The van der Waals surface area contributed by atoms with E-state index in [1.54, 1.807) is 6.07 Å². The van der Waals surface area contributed by atoms with Gasteiger partial charge in [-0.25, -0.2) is 10.2 Å². The van der Waals surface area contributed by atoms with Gasteiger partial charge in [0, 0.05) is 4.47 Å². The normalized spacial score (nSPS) is 10.5. The fourth-order valence-corrected chi connectivity index (χ4v) is 1.97. The third-order valence-electron chi connectivity index (χ3n) is 2.68. The summed E-state index contributed by atoms with van der Waals surface area (Å²) in [5.41, 5.74) is 7.83. The molecule has 0 atom stereocenters. The highest BCUT2D eigenvalue weighted by atomic mass is 79.9. The molecule has 0 saturated heterocycles. The summed E-state index contributed by atoms with van der Waals surface area (Å²) in [4.78, 5) is 10.5. The molecular weight excluding hydrogens is 362 g/mol. The van der Waals surface area contributed by atoms with Gasteiger partial charge in [-0.1, -0.05) is 28.1 Å². The number of nitrogens with one attached hydrogen (secondary N) is 1. The minimum Gasteiger partial charge on any atom is -0.490 e. The van der Waals surface area contributed by atoms with Crippen LogP contribution in [0.15, 0.2) is 58.1 Å². The number of hydrogen-bond acceptors (Lipinski definition) is 4. The molecule has 23 heavy (non-hydrogen) atoms. The van der Waals surface area contributed by atoms with E-state index in [2.05, 4.69) is 26.5 Å². The highest BCUT2D eigenvalue weighted by Crippen LogP contribution is 2.16. The van der Waals surface area contributed by atoms with E-state index in [4.69, 9.17) is 15.2 Å². The molecular formula is C16H16BrN3O3. The number of rotatable bonds is 7. The zero-order valence-electron chi connectivity index (χ0n) is 12.2. The maximum Gasteiger partial charge on any atom is 0.332 e. The Bertz CT molecular complexity index is 675. The van der Waals surface area contributed by atoms with Crippen LogP contribution in [-0.2, 0) is 0 Å². The van der Waals surface area contributed by atoms with Gasteiger partial charge in [-0.05, 0) is 42.0 Å². The van der Waals surface area contributed by atoms with Crippen molar-refractivity contribution in [3.05, 3.63) is 58.6 Å². The molecule has 0 aliphatic carbocycles. The fraction of sp³-hybridized carbons (Fsp3) is 0.125. The number of urea groups is 1. The molecule has 2 aromatic rings. The predicted molar refractivity (Wildman–Crippen MR) is 91.9 cm³/mol. The molecule has 0 bridgehead atoms. The van der Waals surface area contributed by atoms with Crippen LogP contribution < -0.4 is 20.6 Å². The Labute approximate surface area is 142 Å². The molecule has 3 N–H and O–H groups in total. The van der Waals surface area contributed by atoms with E-state index in [-0.39, 0.29) is 0 Å². The molecule has 2 amide bonds. The van der Waals surface area contributed by atoms with E-state index in [0.29, 0.717) is 19.0 Å². The first-order valence-electron chi connectivity index (χ1n) is 6.83. The Morgan fingerprint density at radius 3 is 2.52 bits per heavy atom. The summed E-state index contributed by atoms with van der Waals surface area (Å²) in [5.74, 6) is 1.47. The van der Waals surface area contributed by atoms with Gasteiger partial charge in [-0.15, -0.1) is 0 Å². The van der Waals surface area contributed by atoms with Crippen LogP contribution >= 0.6 is 15.9 Å². The molecule has 2 rings (SSSR count). The molecule has 0 unspecified atom stereocenters. The number of hydrazone groups is 1. The molecule has 7 heteroatoms. The number of hydrogen-bond donors (Lipinski definition) is 2. The molecule has 2 aromatic carbocycles. The van der Waals surface area contributed by atoms with Crippen LogP contribution in [0.3, 0.4) is 0 Å². The molecule has 0 fully saturated rings. The molecule has 0 aliphatic rings. The average Bonchev–Trinajstić information content (AvgIpc) is 2.53. The van der Waals surface area contributed by atoms with Gasteiger partial charge in [0.25, 0.3) is 0 Å². The number of halogens is 1. The van der Waals surface area contributed by atoms with Crippen molar-refractivity contribution in [1.82, 2.24) is 5.43 Å². The van der Waals surface area contributed by atoms with Crippen LogP contribution in [0.1, 0.15) is 5.56 Å². The standard InChI is InChI=1S/C16H16BrN3O3/c17-13-4-6-14(7-5-13)22-8-9-23-15-3-1-2-12(10-15)11-19-20-16(18)21/h1-7,10-11H,8-9H2,(H3,18,20,21). The second-order valence-corrected chi connectivity index (χ2v) is 5.37. The minimum atomic E-state index is -0.709. The first-order valence-corrected chi connectivity index (χ1v) is 7.62. The van der Waals surface area contributed by atoms with Crippen molar-refractivity contribution >= 4 is 28.2 Å². The lowest BCUT2D eigenvalue weighted by molar-refractivity contribution is 0.217. The smallest absolute Gasteiger partial charge is 0.332 e. The molecule has 0 radical (unpaired) electrons. The Morgan fingerprint density at radius 1 is 1.13 bits per heavy atom. The number of ether oxygens (including phenoxy) is 2. The SMILES string of the molecule is NC(=O)NN=Cc1cccc(OCCOc2ccc(Br)cc2)c1. The lowest BCUT2D eigenvalue weighted by atomic mass is 10.2. The zero-order valence-corrected chi connectivity index (χ0v) is 13.8. The van der Waals surface area contributed by atoms with Gasteiger partial charge in [0.1, 0.15) is 24.7 Å². The third kappa shape index (κ3) is 6.39. The number of carbonyl (C=O) groups is 1. The molecule has 6 nitrogen and oxygen atoms in total. The highest BCUT2D eigenvalue weighted by molar-refractivity contribution is 9.10. The summed E-state index contributed by atoms with van der Waals surface area (Å²) < 4.78 is 12.2. The number of amides is 2. The van der Waals surface area contributed by atoms with Crippen molar-refractivity contribution in [2.75, 3.05) is 13.2 Å². The lowest BCUT2D eigenvalue weighted by Gasteiger charge is -2.08. The van der Waals surface area contributed by atoms with E-state index in [9.17, 15) is 4.79 Å². The van der Waals surface area contributed by atoms with Gasteiger partial charge in [0.2, 0.25) is 0 Å². The van der Waals surface area contributed by atoms with E-state index >= 15 is 0 Å². The maximum absolute atomic E-state index is 10.5. The summed E-state index contributed by atoms with van der Waals surface area (Å²) in [7, 11) is 0. The topological polar surface area (TPSA) is 85.9 Å². The van der Waals surface area contributed by atoms with Gasteiger partial charge in [0.15, 0.2) is 0 Å². The maximum atomic E-state index is 10.5. The summed E-state index contributed by atoms with van der Waals surface area (Å²) in [6.07, 6.45) is 1.48. The zero-order chi connectivity index (χ0) is 16.5. The van der Waals surface area contributed by atoms with Gasteiger partial charge in [-0.3, -0.25) is 0 Å². The van der Waals surface area contributed by atoms with Gasteiger partial charge < -0.3 is 15.2 Å². The Balaban J connectivity index is 1.78.